The summed E-state index contributed by atoms with van der Waals surface area (Å²) in [5.41, 5.74) is 11.2. The molecule has 13 heavy (non-hydrogen) atoms. The number of rotatable bonds is 6. The summed E-state index contributed by atoms with van der Waals surface area (Å²) in [6.07, 6.45) is 3.54. The van der Waals surface area contributed by atoms with Gasteiger partial charge >= 0.3 is 5.97 Å². The van der Waals surface area contributed by atoms with E-state index in [2.05, 4.69) is 4.99 Å². The Morgan fingerprint density at radius 3 is 2.69 bits per heavy atom. The maximum absolute atomic E-state index is 10.1. The molecule has 74 valence electrons. The van der Waals surface area contributed by atoms with Gasteiger partial charge in [0.25, 0.3) is 0 Å². The van der Waals surface area contributed by atoms with Crippen molar-refractivity contribution in [3.63, 3.8) is 0 Å². The quantitative estimate of drug-likeness (QED) is 0.495. The minimum Gasteiger partial charge on any atom is -0.481 e. The molecule has 0 aliphatic heterocycles. The van der Waals surface area contributed by atoms with Crippen LogP contribution in [0.15, 0.2) is 16.8 Å². The van der Waals surface area contributed by atoms with Gasteiger partial charge in [-0.1, -0.05) is 0 Å². The van der Waals surface area contributed by atoms with Gasteiger partial charge in [0.15, 0.2) is 0 Å². The van der Waals surface area contributed by atoms with E-state index in [1.807, 2.05) is 0 Å². The number of carboxylic acid groups (broad SMARTS) is 1. The van der Waals surface area contributed by atoms with E-state index in [9.17, 15) is 4.79 Å². The Balaban J connectivity index is 3.68. The average Bonchev–Trinajstić information content (AvgIpc) is 2.09. The van der Waals surface area contributed by atoms with Crippen LogP contribution in [0.3, 0.4) is 0 Å². The molecule has 5 heteroatoms. The number of hydrogen-bond acceptors (Lipinski definition) is 4. The van der Waals surface area contributed by atoms with Gasteiger partial charge < -0.3 is 16.6 Å². The second-order valence-corrected chi connectivity index (χ2v) is 2.48. The number of aliphatic carboxylic acids is 1. The molecule has 0 unspecified atom stereocenters. The monoisotopic (exact) mass is 185 g/mol. The molecule has 0 saturated heterocycles. The molecule has 5 N–H and O–H groups in total. The van der Waals surface area contributed by atoms with Crippen LogP contribution in [0.2, 0.25) is 0 Å². The third-order valence-corrected chi connectivity index (χ3v) is 1.28. The Bertz CT molecular complexity index is 211. The summed E-state index contributed by atoms with van der Waals surface area (Å²) < 4.78 is 0. The standard InChI is InChI=1S/C8H15N3O2/c9-4-6-11-5-3-7(10)1-2-8(12)13/h3,5H,1-2,4,6,9-10H2,(H,12,13)/b7-3-,11-5?. The zero-order valence-electron chi connectivity index (χ0n) is 7.44. The van der Waals surface area contributed by atoms with Gasteiger partial charge in [0.05, 0.1) is 13.0 Å². The highest BCUT2D eigenvalue weighted by Crippen LogP contribution is 1.96. The van der Waals surface area contributed by atoms with Crippen LogP contribution >= 0.6 is 0 Å². The summed E-state index contributed by atoms with van der Waals surface area (Å²) in [4.78, 5) is 14.1. The first-order valence-electron chi connectivity index (χ1n) is 4.03. The van der Waals surface area contributed by atoms with Crippen LogP contribution in [0.25, 0.3) is 0 Å². The fourth-order valence-corrected chi connectivity index (χ4v) is 0.632. The minimum atomic E-state index is -0.852. The minimum absolute atomic E-state index is 0.0487. The van der Waals surface area contributed by atoms with E-state index in [1.54, 1.807) is 12.3 Å². The van der Waals surface area contributed by atoms with E-state index in [4.69, 9.17) is 16.6 Å². The summed E-state index contributed by atoms with van der Waals surface area (Å²) in [5, 5.41) is 8.34. The van der Waals surface area contributed by atoms with Crippen molar-refractivity contribution in [1.29, 1.82) is 0 Å². The zero-order valence-corrected chi connectivity index (χ0v) is 7.44. The number of allylic oxidation sites excluding steroid dienone is 2. The average molecular weight is 185 g/mol. The van der Waals surface area contributed by atoms with Gasteiger partial charge in [0.1, 0.15) is 0 Å². The largest absolute Gasteiger partial charge is 0.481 e. The van der Waals surface area contributed by atoms with Crippen molar-refractivity contribution in [3.05, 3.63) is 11.8 Å². The lowest BCUT2D eigenvalue weighted by atomic mass is 10.2. The van der Waals surface area contributed by atoms with Gasteiger partial charge in [0, 0.05) is 18.5 Å². The second kappa shape index (κ2) is 7.30. The molecule has 0 aromatic rings. The van der Waals surface area contributed by atoms with Gasteiger partial charge in [-0.25, -0.2) is 0 Å². The second-order valence-electron chi connectivity index (χ2n) is 2.48. The van der Waals surface area contributed by atoms with E-state index in [0.717, 1.165) is 0 Å². The molecule has 0 spiro atoms. The van der Waals surface area contributed by atoms with E-state index in [1.165, 1.54) is 0 Å². The number of aliphatic imine (C=N–C) groups is 1. The fourth-order valence-electron chi connectivity index (χ4n) is 0.632. The van der Waals surface area contributed by atoms with Crippen molar-refractivity contribution in [3.8, 4) is 0 Å². The third-order valence-electron chi connectivity index (χ3n) is 1.28. The normalized spacial score (nSPS) is 12.2. The summed E-state index contributed by atoms with van der Waals surface area (Å²) in [6, 6.07) is 0. The van der Waals surface area contributed by atoms with Crippen LogP contribution in [0.1, 0.15) is 12.8 Å². The van der Waals surface area contributed by atoms with Crippen LogP contribution < -0.4 is 11.5 Å². The molecule has 0 fully saturated rings. The number of nitrogens with two attached hydrogens (primary N) is 2. The first kappa shape index (κ1) is 11.6. The lowest BCUT2D eigenvalue weighted by Crippen LogP contribution is -2.03. The molecule has 5 nitrogen and oxygen atoms in total. The van der Waals surface area contributed by atoms with Crippen molar-refractivity contribution in [2.24, 2.45) is 16.5 Å². The topological polar surface area (TPSA) is 102 Å². The van der Waals surface area contributed by atoms with Gasteiger partial charge in [0.2, 0.25) is 0 Å². The lowest BCUT2D eigenvalue weighted by molar-refractivity contribution is -0.136. The Kier molecular flexibility index (Phi) is 6.53. The first-order valence-corrected chi connectivity index (χ1v) is 4.03. The smallest absolute Gasteiger partial charge is 0.303 e. The summed E-state index contributed by atoms with van der Waals surface area (Å²) >= 11 is 0. The van der Waals surface area contributed by atoms with Crippen LogP contribution in [-0.4, -0.2) is 30.4 Å². The molecule has 0 bridgehead atoms. The molecule has 0 aromatic heterocycles. The maximum Gasteiger partial charge on any atom is 0.303 e. The number of carbonyl (C=O) groups is 1. The first-order chi connectivity index (χ1) is 6.16. The molecule has 0 atom stereocenters. The predicted molar refractivity (Wildman–Crippen MR) is 51.6 cm³/mol. The zero-order chi connectivity index (χ0) is 10.1. The molecular formula is C8H15N3O2. The molecule has 0 saturated carbocycles. The number of nitrogens with zero attached hydrogens (tertiary/aromatic N) is 1. The Labute approximate surface area is 77.1 Å². The van der Waals surface area contributed by atoms with Crippen LogP contribution in [0, 0.1) is 0 Å². The summed E-state index contributed by atoms with van der Waals surface area (Å²) in [5.74, 6) is -0.852. The Morgan fingerprint density at radius 2 is 2.15 bits per heavy atom. The predicted octanol–water partition coefficient (Wildman–Crippen LogP) is -0.277. The highest BCUT2D eigenvalue weighted by atomic mass is 16.4. The van der Waals surface area contributed by atoms with Crippen LogP contribution in [0.4, 0.5) is 0 Å². The molecule has 0 amide bonds. The van der Waals surface area contributed by atoms with E-state index >= 15 is 0 Å². The molecule has 0 radical (unpaired) electrons. The van der Waals surface area contributed by atoms with E-state index in [-0.39, 0.29) is 6.42 Å². The molecular weight excluding hydrogens is 170 g/mol. The molecule has 0 aliphatic rings. The van der Waals surface area contributed by atoms with Crippen molar-refractivity contribution in [2.75, 3.05) is 13.1 Å². The van der Waals surface area contributed by atoms with Crippen molar-refractivity contribution in [1.82, 2.24) is 0 Å². The lowest BCUT2D eigenvalue weighted by Gasteiger charge is -1.95. The van der Waals surface area contributed by atoms with Gasteiger partial charge in [-0.15, -0.1) is 0 Å². The van der Waals surface area contributed by atoms with E-state index < -0.39 is 5.97 Å². The Hall–Kier alpha value is -1.36. The van der Waals surface area contributed by atoms with Gasteiger partial charge in [-0.3, -0.25) is 9.79 Å². The van der Waals surface area contributed by atoms with Crippen molar-refractivity contribution >= 4 is 12.2 Å². The van der Waals surface area contributed by atoms with Crippen LogP contribution in [0.5, 0.6) is 0 Å². The van der Waals surface area contributed by atoms with Crippen molar-refractivity contribution in [2.45, 2.75) is 12.8 Å². The van der Waals surface area contributed by atoms with E-state index in [0.29, 0.717) is 25.2 Å². The fraction of sp³-hybridized carbons (Fsp3) is 0.500. The molecule has 0 aromatic carbocycles. The van der Waals surface area contributed by atoms with Crippen molar-refractivity contribution < 1.29 is 9.90 Å². The number of hydrogen-bond donors (Lipinski definition) is 3. The number of carboxylic acids is 1. The molecule has 0 rings (SSSR count). The highest BCUT2D eigenvalue weighted by Gasteiger charge is 1.96. The maximum atomic E-state index is 10.1. The molecule has 0 aliphatic carbocycles. The molecule has 0 heterocycles. The summed E-state index contributed by atoms with van der Waals surface area (Å²) in [6.45, 7) is 1.06. The Morgan fingerprint density at radius 1 is 1.46 bits per heavy atom. The third kappa shape index (κ3) is 8.55. The van der Waals surface area contributed by atoms with Gasteiger partial charge in [-0.2, -0.15) is 0 Å². The highest BCUT2D eigenvalue weighted by molar-refractivity contribution is 5.72. The SMILES string of the molecule is NCCN=C/C=C(\N)CCC(=O)O. The van der Waals surface area contributed by atoms with Gasteiger partial charge in [-0.05, 0) is 12.5 Å². The van der Waals surface area contributed by atoms with Crippen LogP contribution in [-0.2, 0) is 4.79 Å². The summed E-state index contributed by atoms with van der Waals surface area (Å²) in [7, 11) is 0.